The Morgan fingerprint density at radius 3 is 2.31 bits per heavy atom. The molecule has 8 nitrogen and oxygen atoms in total. The molecule has 36 heavy (non-hydrogen) atoms. The van der Waals surface area contributed by atoms with Gasteiger partial charge in [-0.3, -0.25) is 4.55 Å². The first-order valence-electron chi connectivity index (χ1n) is 11.2. The van der Waals surface area contributed by atoms with Crippen molar-refractivity contribution in [2.75, 3.05) is 12.0 Å². The third-order valence-corrected chi connectivity index (χ3v) is 5.04. The van der Waals surface area contributed by atoms with E-state index in [2.05, 4.69) is 23.8 Å². The monoisotopic (exact) mass is 520 g/mol. The van der Waals surface area contributed by atoms with Crippen LogP contribution in [-0.4, -0.2) is 33.8 Å². The summed E-state index contributed by atoms with van der Waals surface area (Å²) in [6.07, 6.45) is 0.715. The molecule has 2 heterocycles. The van der Waals surface area contributed by atoms with Gasteiger partial charge in [0.15, 0.2) is 5.76 Å². The fraction of sp³-hybridized carbons (Fsp3) is 0.360. The summed E-state index contributed by atoms with van der Waals surface area (Å²) in [5, 5.41) is 0. The summed E-state index contributed by atoms with van der Waals surface area (Å²) in [6, 6.07) is 9.10. The van der Waals surface area contributed by atoms with Gasteiger partial charge in [-0.15, -0.1) is 0 Å². The number of nitrogens with zero attached hydrogens (tertiary/aromatic N) is 3. The summed E-state index contributed by atoms with van der Waals surface area (Å²) in [6.45, 7) is 10.8. The first-order valence-corrected chi connectivity index (χ1v) is 13.0. The van der Waals surface area contributed by atoms with Crippen molar-refractivity contribution in [3.8, 4) is 22.6 Å². The van der Waals surface area contributed by atoms with E-state index in [0.717, 1.165) is 29.2 Å². The SMILES string of the molecule is CC(C)Cn1c(N)nc2ccc(-c3oc(C(C)(C)C)nc3-c3ccc(F)cc3F)cc21.CS(=O)(=O)O. The number of hydrogen-bond acceptors (Lipinski definition) is 6. The lowest BCUT2D eigenvalue weighted by molar-refractivity contribution is 0.399. The Bertz CT molecular complexity index is 1490. The molecule has 0 radical (unpaired) electrons. The van der Waals surface area contributed by atoms with E-state index in [1.807, 2.05) is 43.5 Å². The van der Waals surface area contributed by atoms with Crippen molar-refractivity contribution in [1.82, 2.24) is 14.5 Å². The van der Waals surface area contributed by atoms with E-state index >= 15 is 0 Å². The average molecular weight is 521 g/mol. The van der Waals surface area contributed by atoms with Gasteiger partial charge >= 0.3 is 0 Å². The first kappa shape index (κ1) is 27.3. The molecule has 0 aliphatic heterocycles. The zero-order chi connectivity index (χ0) is 27.0. The fourth-order valence-corrected chi connectivity index (χ4v) is 3.54. The molecule has 2 aromatic heterocycles. The van der Waals surface area contributed by atoms with Gasteiger partial charge in [0.1, 0.15) is 17.3 Å². The Hall–Kier alpha value is -3.31. The third-order valence-electron chi connectivity index (χ3n) is 5.04. The van der Waals surface area contributed by atoms with Crippen LogP contribution in [0.2, 0.25) is 0 Å². The smallest absolute Gasteiger partial charge is 0.261 e. The third kappa shape index (κ3) is 6.46. The highest BCUT2D eigenvalue weighted by atomic mass is 32.2. The molecule has 0 unspecified atom stereocenters. The molecule has 4 rings (SSSR count). The second kappa shape index (κ2) is 9.98. The van der Waals surface area contributed by atoms with Crippen LogP contribution < -0.4 is 5.73 Å². The Labute approximate surface area is 208 Å². The van der Waals surface area contributed by atoms with E-state index in [4.69, 9.17) is 14.7 Å². The first-order chi connectivity index (χ1) is 16.5. The second-order valence-electron chi connectivity index (χ2n) is 9.98. The minimum atomic E-state index is -3.67. The minimum absolute atomic E-state index is 0.186. The number of fused-ring (bicyclic) bond motifs is 1. The van der Waals surface area contributed by atoms with Crippen LogP contribution in [0.4, 0.5) is 14.7 Å². The summed E-state index contributed by atoms with van der Waals surface area (Å²) in [5.41, 5.74) is 8.63. The molecular formula is C25H30F2N4O4S. The van der Waals surface area contributed by atoms with Gasteiger partial charge in [0.25, 0.3) is 10.1 Å². The van der Waals surface area contributed by atoms with Crippen molar-refractivity contribution in [2.45, 2.75) is 46.6 Å². The lowest BCUT2D eigenvalue weighted by atomic mass is 9.97. The number of rotatable bonds is 4. The maximum atomic E-state index is 14.6. The molecule has 11 heteroatoms. The quantitative estimate of drug-likeness (QED) is 0.332. The van der Waals surface area contributed by atoms with Crippen molar-refractivity contribution >= 4 is 27.1 Å². The molecule has 0 aliphatic carbocycles. The van der Waals surface area contributed by atoms with Crippen LogP contribution in [0.15, 0.2) is 40.8 Å². The number of anilines is 1. The van der Waals surface area contributed by atoms with Crippen molar-refractivity contribution in [3.63, 3.8) is 0 Å². The van der Waals surface area contributed by atoms with E-state index < -0.39 is 27.2 Å². The predicted octanol–water partition coefficient (Wildman–Crippen LogP) is 5.68. The van der Waals surface area contributed by atoms with Gasteiger partial charge in [-0.2, -0.15) is 8.42 Å². The molecule has 0 aliphatic rings. The van der Waals surface area contributed by atoms with Crippen molar-refractivity contribution in [1.29, 1.82) is 0 Å². The van der Waals surface area contributed by atoms with Crippen LogP contribution in [-0.2, 0) is 22.1 Å². The molecule has 3 N–H and O–H groups in total. The van der Waals surface area contributed by atoms with Gasteiger partial charge in [-0.1, -0.05) is 34.6 Å². The Morgan fingerprint density at radius 1 is 1.11 bits per heavy atom. The minimum Gasteiger partial charge on any atom is -0.439 e. The summed E-state index contributed by atoms with van der Waals surface area (Å²) in [5.74, 6) is 0.385. The molecule has 0 fully saturated rings. The molecule has 2 aromatic carbocycles. The van der Waals surface area contributed by atoms with Crippen molar-refractivity contribution in [2.24, 2.45) is 5.92 Å². The van der Waals surface area contributed by atoms with Crippen LogP contribution in [0, 0.1) is 17.6 Å². The van der Waals surface area contributed by atoms with Crippen LogP contribution in [0.5, 0.6) is 0 Å². The normalized spacial score (nSPS) is 12.2. The van der Waals surface area contributed by atoms with Gasteiger partial charge in [-0.05, 0) is 36.2 Å². The molecule has 0 spiro atoms. The largest absolute Gasteiger partial charge is 0.439 e. The number of nitrogens with two attached hydrogens (primary N) is 1. The van der Waals surface area contributed by atoms with E-state index in [-0.39, 0.29) is 5.56 Å². The highest BCUT2D eigenvalue weighted by Crippen LogP contribution is 2.38. The van der Waals surface area contributed by atoms with E-state index in [0.29, 0.717) is 35.5 Å². The van der Waals surface area contributed by atoms with Crippen LogP contribution in [0.3, 0.4) is 0 Å². The summed E-state index contributed by atoms with van der Waals surface area (Å²) in [4.78, 5) is 9.04. The molecule has 0 saturated carbocycles. The maximum absolute atomic E-state index is 14.6. The molecular weight excluding hydrogens is 490 g/mol. The number of hydrogen-bond donors (Lipinski definition) is 2. The molecule has 0 bridgehead atoms. The zero-order valence-corrected chi connectivity index (χ0v) is 21.8. The van der Waals surface area contributed by atoms with Gasteiger partial charge in [0.05, 0.1) is 17.3 Å². The molecule has 0 atom stereocenters. The van der Waals surface area contributed by atoms with Gasteiger partial charge in [-0.25, -0.2) is 18.7 Å². The zero-order valence-electron chi connectivity index (χ0n) is 21.0. The van der Waals surface area contributed by atoms with Gasteiger partial charge < -0.3 is 14.7 Å². The van der Waals surface area contributed by atoms with Gasteiger partial charge in [0, 0.05) is 29.2 Å². The fourth-order valence-electron chi connectivity index (χ4n) is 3.54. The molecule has 4 aromatic rings. The van der Waals surface area contributed by atoms with Crippen molar-refractivity contribution < 1.29 is 26.2 Å². The topological polar surface area (TPSA) is 124 Å². The van der Waals surface area contributed by atoms with Gasteiger partial charge in [0.2, 0.25) is 11.8 Å². The summed E-state index contributed by atoms with van der Waals surface area (Å²) < 4.78 is 62.1. The van der Waals surface area contributed by atoms with E-state index in [1.54, 1.807) is 0 Å². The number of benzene rings is 2. The van der Waals surface area contributed by atoms with E-state index in [1.165, 1.54) is 12.1 Å². The highest BCUT2D eigenvalue weighted by Gasteiger charge is 2.27. The maximum Gasteiger partial charge on any atom is 0.261 e. The molecule has 0 saturated heterocycles. The Balaban J connectivity index is 0.000000658. The summed E-state index contributed by atoms with van der Waals surface area (Å²) >= 11 is 0. The number of oxazole rings is 1. The average Bonchev–Trinajstić information content (AvgIpc) is 3.28. The second-order valence-corrected chi connectivity index (χ2v) is 11.4. The standard InChI is InChI=1S/C24H26F2N4O.CH4O3S/c1-13(2)12-30-19-10-14(6-9-18(19)28-23(30)27)21-20(29-22(31-21)24(3,4)5)16-8-7-15(25)11-17(16)26;1-5(2,3)4/h6-11,13H,12H2,1-5H3,(H2,27,28);1H3,(H,2,3,4). The lowest BCUT2D eigenvalue weighted by Gasteiger charge is -2.12. The molecule has 0 amide bonds. The number of halogens is 2. The number of imidazole rings is 1. The summed E-state index contributed by atoms with van der Waals surface area (Å²) in [7, 11) is -3.67. The van der Waals surface area contributed by atoms with Crippen molar-refractivity contribution in [3.05, 3.63) is 53.9 Å². The number of nitrogen functional groups attached to an aromatic ring is 1. The Kier molecular flexibility index (Phi) is 7.56. The number of aromatic nitrogens is 3. The van der Waals surface area contributed by atoms with E-state index in [9.17, 15) is 17.2 Å². The van der Waals surface area contributed by atoms with Crippen LogP contribution >= 0.6 is 0 Å². The molecule has 194 valence electrons. The lowest BCUT2D eigenvalue weighted by Crippen LogP contribution is -2.11. The van der Waals surface area contributed by atoms with Crippen LogP contribution in [0.1, 0.15) is 40.5 Å². The van der Waals surface area contributed by atoms with Crippen LogP contribution in [0.25, 0.3) is 33.6 Å². The highest BCUT2D eigenvalue weighted by molar-refractivity contribution is 7.85. The Morgan fingerprint density at radius 2 is 1.75 bits per heavy atom. The predicted molar refractivity (Wildman–Crippen MR) is 136 cm³/mol.